The van der Waals surface area contributed by atoms with Gasteiger partial charge in [-0.2, -0.15) is 4.31 Å². The molecule has 1 aromatic rings. The summed E-state index contributed by atoms with van der Waals surface area (Å²) in [6.45, 7) is 3.32. The number of rotatable bonds is 7. The predicted octanol–water partition coefficient (Wildman–Crippen LogP) is 3.28. The van der Waals surface area contributed by atoms with Crippen molar-refractivity contribution in [2.24, 2.45) is 0 Å². The number of amides is 1. The van der Waals surface area contributed by atoms with Crippen LogP contribution in [0, 0.1) is 5.82 Å². The maximum absolute atomic E-state index is 13.9. The molecular formula is C21H31ClF3N3O3S. The van der Waals surface area contributed by atoms with Crippen LogP contribution >= 0.6 is 12.4 Å². The molecule has 0 aromatic heterocycles. The third kappa shape index (κ3) is 6.15. The Morgan fingerprint density at radius 2 is 1.66 bits per heavy atom. The molecule has 1 N–H and O–H groups in total. The van der Waals surface area contributed by atoms with Gasteiger partial charge in [0.25, 0.3) is 5.91 Å². The van der Waals surface area contributed by atoms with E-state index in [1.165, 1.54) is 22.5 Å². The Morgan fingerprint density at radius 3 is 2.22 bits per heavy atom. The lowest BCUT2D eigenvalue weighted by atomic mass is 9.78. The van der Waals surface area contributed by atoms with Crippen LogP contribution in [0.25, 0.3) is 0 Å². The minimum Gasteiger partial charge on any atom is -0.350 e. The SMILES string of the molecule is CCCS(=O)(=O)N1CCN(C2(CNC(=O)c3ccccc3F)CCC(F)(F)CC2)CC1.Cl. The number of hydrogen-bond donors (Lipinski definition) is 1. The quantitative estimate of drug-likeness (QED) is 0.627. The average Bonchev–Trinajstić information content (AvgIpc) is 2.73. The molecule has 0 unspecified atom stereocenters. The second-order valence-electron chi connectivity index (χ2n) is 8.44. The summed E-state index contributed by atoms with van der Waals surface area (Å²) in [6, 6.07) is 5.62. The Labute approximate surface area is 194 Å². The normalized spacial score (nSPS) is 21.5. The minimum atomic E-state index is -3.32. The van der Waals surface area contributed by atoms with E-state index >= 15 is 0 Å². The first kappa shape index (κ1) is 26.9. The first-order valence-electron chi connectivity index (χ1n) is 10.7. The van der Waals surface area contributed by atoms with E-state index in [-0.39, 0.29) is 56.0 Å². The summed E-state index contributed by atoms with van der Waals surface area (Å²) < 4.78 is 67.9. The molecule has 32 heavy (non-hydrogen) atoms. The van der Waals surface area contributed by atoms with Crippen LogP contribution in [0.2, 0.25) is 0 Å². The lowest BCUT2D eigenvalue weighted by molar-refractivity contribution is -0.0856. The van der Waals surface area contributed by atoms with Gasteiger partial charge in [0.05, 0.1) is 11.3 Å². The van der Waals surface area contributed by atoms with E-state index in [1.807, 2.05) is 11.8 Å². The van der Waals surface area contributed by atoms with Gasteiger partial charge in [-0.15, -0.1) is 12.4 Å². The molecule has 1 aliphatic carbocycles. The second kappa shape index (κ2) is 10.7. The summed E-state index contributed by atoms with van der Waals surface area (Å²) in [5.41, 5.74) is -0.794. The van der Waals surface area contributed by atoms with E-state index in [9.17, 15) is 26.4 Å². The van der Waals surface area contributed by atoms with Crippen LogP contribution in [0.1, 0.15) is 49.4 Å². The lowest BCUT2D eigenvalue weighted by Gasteiger charge is -2.50. The molecule has 0 bridgehead atoms. The number of carbonyl (C=O) groups excluding carboxylic acids is 1. The highest BCUT2D eigenvalue weighted by atomic mass is 35.5. The van der Waals surface area contributed by atoms with Crippen molar-refractivity contribution in [2.45, 2.75) is 50.5 Å². The van der Waals surface area contributed by atoms with Crippen molar-refractivity contribution in [2.75, 3.05) is 38.5 Å². The van der Waals surface area contributed by atoms with Gasteiger partial charge in [-0.1, -0.05) is 19.1 Å². The highest BCUT2D eigenvalue weighted by Crippen LogP contribution is 2.41. The van der Waals surface area contributed by atoms with Crippen molar-refractivity contribution >= 4 is 28.3 Å². The van der Waals surface area contributed by atoms with Gasteiger partial charge in [0.1, 0.15) is 5.82 Å². The number of piperazine rings is 1. The van der Waals surface area contributed by atoms with Gasteiger partial charge in [0.2, 0.25) is 15.9 Å². The topological polar surface area (TPSA) is 69.7 Å². The molecule has 0 radical (unpaired) electrons. The zero-order valence-electron chi connectivity index (χ0n) is 18.2. The second-order valence-corrected chi connectivity index (χ2v) is 10.5. The summed E-state index contributed by atoms with van der Waals surface area (Å²) in [5, 5.41) is 2.74. The van der Waals surface area contributed by atoms with E-state index < -0.39 is 33.2 Å². The van der Waals surface area contributed by atoms with Crippen LogP contribution in [-0.4, -0.2) is 73.5 Å². The number of nitrogens with one attached hydrogen (secondary N) is 1. The Bertz CT molecular complexity index is 883. The Kier molecular flexibility index (Phi) is 9.00. The highest BCUT2D eigenvalue weighted by Gasteiger charge is 2.47. The van der Waals surface area contributed by atoms with Crippen molar-refractivity contribution in [1.82, 2.24) is 14.5 Å². The molecule has 182 valence electrons. The molecule has 1 heterocycles. The molecule has 1 aliphatic heterocycles. The number of carbonyl (C=O) groups is 1. The zero-order chi connectivity index (χ0) is 22.7. The largest absolute Gasteiger partial charge is 0.350 e. The van der Waals surface area contributed by atoms with Crippen LogP contribution in [0.15, 0.2) is 24.3 Å². The molecule has 2 fully saturated rings. The number of alkyl halides is 2. The van der Waals surface area contributed by atoms with Crippen LogP contribution in [0.5, 0.6) is 0 Å². The first-order chi connectivity index (χ1) is 14.6. The van der Waals surface area contributed by atoms with E-state index in [2.05, 4.69) is 5.32 Å². The van der Waals surface area contributed by atoms with E-state index in [0.29, 0.717) is 32.6 Å². The van der Waals surface area contributed by atoms with E-state index in [4.69, 9.17) is 0 Å². The zero-order valence-corrected chi connectivity index (χ0v) is 19.8. The molecule has 0 atom stereocenters. The number of benzene rings is 1. The van der Waals surface area contributed by atoms with Crippen molar-refractivity contribution in [3.05, 3.63) is 35.6 Å². The Balaban J connectivity index is 0.00000363. The Hall–Kier alpha value is -1.36. The lowest BCUT2D eigenvalue weighted by Crippen LogP contribution is -2.63. The summed E-state index contributed by atoms with van der Waals surface area (Å²) >= 11 is 0. The standard InChI is InChI=1S/C21H30F3N3O3S.ClH/c1-2-15-31(29,30)27-13-11-26(12-14-27)20(7-9-21(23,24)10-8-20)16-25-19(28)17-5-3-4-6-18(17)22;/h3-6H,2,7-16H2,1H3,(H,25,28);1H. The number of nitrogens with zero attached hydrogens (tertiary/aromatic N) is 2. The molecular weight excluding hydrogens is 467 g/mol. The third-order valence-corrected chi connectivity index (χ3v) is 8.45. The predicted molar refractivity (Wildman–Crippen MR) is 119 cm³/mol. The van der Waals surface area contributed by atoms with Crippen LogP contribution in [0.4, 0.5) is 13.2 Å². The van der Waals surface area contributed by atoms with Crippen molar-refractivity contribution in [1.29, 1.82) is 0 Å². The summed E-state index contributed by atoms with van der Waals surface area (Å²) in [6.07, 6.45) is 0.302. The van der Waals surface area contributed by atoms with Gasteiger partial charge in [0, 0.05) is 51.1 Å². The monoisotopic (exact) mass is 497 g/mol. The Morgan fingerprint density at radius 1 is 1.06 bits per heavy atom. The molecule has 1 saturated carbocycles. The number of hydrogen-bond acceptors (Lipinski definition) is 4. The smallest absolute Gasteiger partial charge is 0.254 e. The fraction of sp³-hybridized carbons (Fsp3) is 0.667. The van der Waals surface area contributed by atoms with Crippen LogP contribution in [-0.2, 0) is 10.0 Å². The molecule has 1 amide bonds. The molecule has 11 heteroatoms. The highest BCUT2D eigenvalue weighted by molar-refractivity contribution is 7.89. The van der Waals surface area contributed by atoms with Crippen molar-refractivity contribution < 1.29 is 26.4 Å². The molecule has 0 spiro atoms. The fourth-order valence-corrected chi connectivity index (χ4v) is 5.99. The van der Waals surface area contributed by atoms with Gasteiger partial charge >= 0.3 is 0 Å². The maximum Gasteiger partial charge on any atom is 0.254 e. The van der Waals surface area contributed by atoms with Crippen LogP contribution < -0.4 is 5.32 Å². The minimum absolute atomic E-state index is 0. The van der Waals surface area contributed by atoms with E-state index in [0.717, 1.165) is 0 Å². The molecule has 3 rings (SSSR count). The fourth-order valence-electron chi connectivity index (χ4n) is 4.50. The summed E-state index contributed by atoms with van der Waals surface area (Å²) in [4.78, 5) is 14.5. The summed E-state index contributed by atoms with van der Waals surface area (Å²) in [5.74, 6) is -3.88. The van der Waals surface area contributed by atoms with Crippen LogP contribution in [0.3, 0.4) is 0 Å². The number of halogens is 4. The first-order valence-corrected chi connectivity index (χ1v) is 12.3. The van der Waals surface area contributed by atoms with Gasteiger partial charge in [0.15, 0.2) is 0 Å². The van der Waals surface area contributed by atoms with Gasteiger partial charge < -0.3 is 5.32 Å². The van der Waals surface area contributed by atoms with Gasteiger partial charge in [-0.25, -0.2) is 21.6 Å². The van der Waals surface area contributed by atoms with Crippen molar-refractivity contribution in [3.8, 4) is 0 Å². The molecule has 1 saturated heterocycles. The third-order valence-electron chi connectivity index (χ3n) is 6.37. The number of sulfonamides is 1. The average molecular weight is 498 g/mol. The molecule has 6 nitrogen and oxygen atoms in total. The van der Waals surface area contributed by atoms with Gasteiger partial charge in [-0.3, -0.25) is 9.69 Å². The molecule has 1 aromatic carbocycles. The van der Waals surface area contributed by atoms with E-state index in [1.54, 1.807) is 6.07 Å². The summed E-state index contributed by atoms with van der Waals surface area (Å²) in [7, 11) is -3.32. The van der Waals surface area contributed by atoms with Crippen molar-refractivity contribution in [3.63, 3.8) is 0 Å². The molecule has 2 aliphatic rings. The maximum atomic E-state index is 13.9. The van der Waals surface area contributed by atoms with Gasteiger partial charge in [-0.05, 0) is 31.4 Å².